The average molecular weight is 355 g/mol. The van der Waals surface area contributed by atoms with E-state index in [1.807, 2.05) is 55.5 Å². The summed E-state index contributed by atoms with van der Waals surface area (Å²) in [5, 5.41) is 0. The molecule has 3 aromatic carbocycles. The summed E-state index contributed by atoms with van der Waals surface area (Å²) in [6.45, 7) is 1.98. The molecule has 5 nitrogen and oxygen atoms in total. The maximum atomic E-state index is 13.1. The molecular weight excluding hydrogens is 338 g/mol. The molecule has 1 aliphatic heterocycles. The molecule has 3 amide bonds. The third-order valence-electron chi connectivity index (χ3n) is 4.29. The van der Waals surface area contributed by atoms with Crippen LogP contribution in [0.2, 0.25) is 0 Å². The molecule has 27 heavy (non-hydrogen) atoms. The molecule has 1 heterocycles. The third kappa shape index (κ3) is 3.11. The molecule has 0 saturated carbocycles. The molecule has 4 rings (SSSR count). The smallest absolute Gasteiger partial charge is 0.265 e. The Kier molecular flexibility index (Phi) is 4.26. The Labute approximate surface area is 157 Å². The molecule has 0 radical (unpaired) electrons. The quantitative estimate of drug-likeness (QED) is 0.640. The number of carbonyl (C=O) groups excluding carboxylic acids is 2. The number of aryl methyl sites for hydroxylation is 1. The van der Waals surface area contributed by atoms with Crippen LogP contribution in [0.25, 0.3) is 0 Å². The summed E-state index contributed by atoms with van der Waals surface area (Å²) in [6.07, 6.45) is 0. The predicted molar refractivity (Wildman–Crippen MR) is 107 cm³/mol. The second kappa shape index (κ2) is 6.88. The summed E-state index contributed by atoms with van der Waals surface area (Å²) in [4.78, 5) is 33.2. The van der Waals surface area contributed by atoms with Gasteiger partial charge >= 0.3 is 11.9 Å². The highest BCUT2D eigenvalue weighted by Crippen LogP contribution is 2.28. The molecule has 1 saturated heterocycles. The van der Waals surface area contributed by atoms with Crippen molar-refractivity contribution in [1.82, 2.24) is 0 Å². The van der Waals surface area contributed by atoms with Crippen molar-refractivity contribution in [3.8, 4) is 0 Å². The zero-order valence-electron chi connectivity index (χ0n) is 14.7. The van der Waals surface area contributed by atoms with Crippen LogP contribution in [0.3, 0.4) is 0 Å². The van der Waals surface area contributed by atoms with Crippen LogP contribution in [0.1, 0.15) is 5.56 Å². The number of benzene rings is 3. The number of nitrogens with zero attached hydrogens (tertiary/aromatic N) is 3. The number of anilines is 2. The largest absolute Gasteiger partial charge is 0.342 e. The van der Waals surface area contributed by atoms with Gasteiger partial charge in [-0.2, -0.15) is 0 Å². The lowest BCUT2D eigenvalue weighted by molar-refractivity contribution is -0.111. The molecule has 0 unspecified atom stereocenters. The summed E-state index contributed by atoms with van der Waals surface area (Å²) >= 11 is 0. The van der Waals surface area contributed by atoms with Gasteiger partial charge in [0.25, 0.3) is 0 Å². The van der Waals surface area contributed by atoms with Crippen LogP contribution in [-0.2, 0) is 4.79 Å². The van der Waals surface area contributed by atoms with E-state index in [9.17, 15) is 9.59 Å². The van der Waals surface area contributed by atoms with Gasteiger partial charge in [0.1, 0.15) is 0 Å². The fraction of sp³-hybridized carbons (Fsp3) is 0.0455. The monoisotopic (exact) mass is 355 g/mol. The number of aliphatic imine (C=N–C) groups is 1. The van der Waals surface area contributed by atoms with Crippen molar-refractivity contribution >= 4 is 34.8 Å². The SMILES string of the molecule is Cc1ccc(N=C2C(=O)N(c3ccccc3)C(=O)N2c2ccccc2)cc1. The Balaban J connectivity index is 1.84. The number of carbonyl (C=O) groups is 2. The first-order chi connectivity index (χ1) is 13.1. The van der Waals surface area contributed by atoms with Crippen LogP contribution in [0.5, 0.6) is 0 Å². The second-order valence-corrected chi connectivity index (χ2v) is 6.20. The van der Waals surface area contributed by atoms with Crippen LogP contribution in [0.15, 0.2) is 89.9 Å². The van der Waals surface area contributed by atoms with Gasteiger partial charge in [0.05, 0.1) is 17.1 Å². The van der Waals surface area contributed by atoms with Crippen molar-refractivity contribution in [3.05, 3.63) is 90.5 Å². The zero-order chi connectivity index (χ0) is 18.8. The van der Waals surface area contributed by atoms with Crippen molar-refractivity contribution in [3.63, 3.8) is 0 Å². The molecule has 3 aromatic rings. The molecule has 132 valence electrons. The maximum absolute atomic E-state index is 13.1. The van der Waals surface area contributed by atoms with E-state index in [2.05, 4.69) is 4.99 Å². The Bertz CT molecular complexity index is 1010. The molecule has 1 fully saturated rings. The Morgan fingerprint density at radius 2 is 1.19 bits per heavy atom. The Hall–Kier alpha value is -3.73. The van der Waals surface area contributed by atoms with E-state index in [0.717, 1.165) is 10.5 Å². The number of hydrogen-bond acceptors (Lipinski definition) is 3. The van der Waals surface area contributed by atoms with Crippen LogP contribution < -0.4 is 9.80 Å². The van der Waals surface area contributed by atoms with E-state index in [1.54, 1.807) is 36.4 Å². The molecule has 0 bridgehead atoms. The highest BCUT2D eigenvalue weighted by atomic mass is 16.2. The van der Waals surface area contributed by atoms with E-state index in [0.29, 0.717) is 17.1 Å². The van der Waals surface area contributed by atoms with Crippen molar-refractivity contribution in [2.75, 3.05) is 9.80 Å². The molecule has 0 aliphatic carbocycles. The first-order valence-corrected chi connectivity index (χ1v) is 8.59. The second-order valence-electron chi connectivity index (χ2n) is 6.20. The lowest BCUT2D eigenvalue weighted by Crippen LogP contribution is -2.33. The maximum Gasteiger partial charge on any atom is 0.342 e. The minimum atomic E-state index is -0.448. The number of urea groups is 1. The van der Waals surface area contributed by atoms with Gasteiger partial charge in [0, 0.05) is 0 Å². The zero-order valence-corrected chi connectivity index (χ0v) is 14.7. The lowest BCUT2D eigenvalue weighted by Gasteiger charge is -2.16. The summed E-state index contributed by atoms with van der Waals surface area (Å²) in [5.41, 5.74) is 2.83. The van der Waals surface area contributed by atoms with Gasteiger partial charge in [-0.15, -0.1) is 0 Å². The van der Waals surface area contributed by atoms with Crippen LogP contribution in [-0.4, -0.2) is 17.8 Å². The number of para-hydroxylation sites is 2. The number of imide groups is 1. The number of amides is 3. The van der Waals surface area contributed by atoms with Crippen LogP contribution >= 0.6 is 0 Å². The molecule has 5 heteroatoms. The number of hydrogen-bond donors (Lipinski definition) is 0. The standard InChI is InChI=1S/C22H17N3O2/c1-16-12-14-17(15-13-16)23-20-21(26)25(19-10-6-3-7-11-19)22(27)24(20)18-8-4-2-5-9-18/h2-15H,1H3. The molecule has 0 aromatic heterocycles. The van der Waals surface area contributed by atoms with Gasteiger partial charge in [-0.25, -0.2) is 19.6 Å². The highest BCUT2D eigenvalue weighted by Gasteiger charge is 2.44. The summed E-state index contributed by atoms with van der Waals surface area (Å²) < 4.78 is 0. The van der Waals surface area contributed by atoms with Crippen molar-refractivity contribution in [2.24, 2.45) is 4.99 Å². The topological polar surface area (TPSA) is 53.0 Å². The van der Waals surface area contributed by atoms with Crippen LogP contribution in [0.4, 0.5) is 21.9 Å². The van der Waals surface area contributed by atoms with Gasteiger partial charge in [-0.05, 0) is 43.3 Å². The van der Waals surface area contributed by atoms with Gasteiger partial charge < -0.3 is 0 Å². The normalized spacial score (nSPS) is 15.7. The first-order valence-electron chi connectivity index (χ1n) is 8.59. The fourth-order valence-electron chi connectivity index (χ4n) is 2.93. The summed E-state index contributed by atoms with van der Waals surface area (Å²) in [5.74, 6) is -0.366. The van der Waals surface area contributed by atoms with E-state index in [1.165, 1.54) is 4.90 Å². The Morgan fingerprint density at radius 3 is 1.74 bits per heavy atom. The first kappa shape index (κ1) is 16.7. The molecule has 0 N–H and O–H groups in total. The summed E-state index contributed by atoms with van der Waals surface area (Å²) in [7, 11) is 0. The van der Waals surface area contributed by atoms with E-state index in [-0.39, 0.29) is 5.84 Å². The predicted octanol–water partition coefficient (Wildman–Crippen LogP) is 4.70. The van der Waals surface area contributed by atoms with Gasteiger partial charge in [-0.1, -0.05) is 54.1 Å². The van der Waals surface area contributed by atoms with E-state index >= 15 is 0 Å². The fourth-order valence-corrected chi connectivity index (χ4v) is 2.93. The summed E-state index contributed by atoms with van der Waals surface area (Å²) in [6, 6.07) is 25.0. The minimum absolute atomic E-state index is 0.0823. The minimum Gasteiger partial charge on any atom is -0.265 e. The van der Waals surface area contributed by atoms with Crippen LogP contribution in [0, 0.1) is 6.92 Å². The molecule has 0 atom stereocenters. The highest BCUT2D eigenvalue weighted by molar-refractivity contribution is 6.62. The van der Waals surface area contributed by atoms with Crippen molar-refractivity contribution in [1.29, 1.82) is 0 Å². The lowest BCUT2D eigenvalue weighted by atomic mass is 10.2. The molecule has 0 spiro atoms. The molecular formula is C22H17N3O2. The van der Waals surface area contributed by atoms with Gasteiger partial charge in [0.2, 0.25) is 5.84 Å². The van der Waals surface area contributed by atoms with Gasteiger partial charge in [0.15, 0.2) is 0 Å². The van der Waals surface area contributed by atoms with E-state index in [4.69, 9.17) is 0 Å². The van der Waals surface area contributed by atoms with E-state index < -0.39 is 11.9 Å². The number of amidine groups is 1. The Morgan fingerprint density at radius 1 is 0.667 bits per heavy atom. The van der Waals surface area contributed by atoms with Crippen molar-refractivity contribution in [2.45, 2.75) is 6.92 Å². The third-order valence-corrected chi connectivity index (χ3v) is 4.29. The average Bonchev–Trinajstić information content (AvgIpc) is 2.95. The van der Waals surface area contributed by atoms with Gasteiger partial charge in [-0.3, -0.25) is 4.79 Å². The molecule has 1 aliphatic rings. The number of rotatable bonds is 3. The van der Waals surface area contributed by atoms with Crippen molar-refractivity contribution < 1.29 is 9.59 Å².